The van der Waals surface area contributed by atoms with Gasteiger partial charge in [0.05, 0.1) is 12.3 Å². The van der Waals surface area contributed by atoms with Crippen LogP contribution in [0.3, 0.4) is 0 Å². The van der Waals surface area contributed by atoms with Crippen LogP contribution in [0.5, 0.6) is 0 Å². The third-order valence-electron chi connectivity index (χ3n) is 2.72. The van der Waals surface area contributed by atoms with Gasteiger partial charge in [-0.2, -0.15) is 0 Å². The summed E-state index contributed by atoms with van der Waals surface area (Å²) < 4.78 is 44.8. The van der Waals surface area contributed by atoms with E-state index in [-0.39, 0.29) is 5.56 Å². The van der Waals surface area contributed by atoms with Crippen molar-refractivity contribution in [1.29, 1.82) is 0 Å². The maximum Gasteiger partial charge on any atom is 0.310 e. The van der Waals surface area contributed by atoms with Crippen molar-refractivity contribution in [3.63, 3.8) is 0 Å². The first kappa shape index (κ1) is 18.0. The summed E-state index contributed by atoms with van der Waals surface area (Å²) in [6.07, 6.45) is -1.00. The number of hydrogen-bond donors (Lipinski definition) is 1. The number of carbonyl (C=O) groups is 2. The number of halogens is 3. The lowest BCUT2D eigenvalue weighted by molar-refractivity contribution is -0.162. The van der Waals surface area contributed by atoms with Crippen molar-refractivity contribution < 1.29 is 32.6 Å². The Kier molecular flexibility index (Phi) is 5.57. The number of rotatable bonds is 5. The van der Waals surface area contributed by atoms with Gasteiger partial charge in [-0.25, -0.2) is 13.2 Å². The molecule has 0 saturated heterocycles. The first-order valence-electron chi connectivity index (χ1n) is 6.57. The molecule has 1 N–H and O–H groups in total. The molecule has 1 unspecified atom stereocenters. The zero-order valence-corrected chi connectivity index (χ0v) is 12.5. The van der Waals surface area contributed by atoms with Crippen LogP contribution >= 0.6 is 0 Å². The molecule has 7 heteroatoms. The zero-order chi connectivity index (χ0) is 17.1. The number of carboxylic acids is 1. The van der Waals surface area contributed by atoms with Crippen LogP contribution < -0.4 is 0 Å². The van der Waals surface area contributed by atoms with E-state index in [0.29, 0.717) is 12.1 Å². The van der Waals surface area contributed by atoms with E-state index in [2.05, 4.69) is 0 Å². The largest absolute Gasteiger partial charge is 0.481 e. The molecule has 0 aliphatic heterocycles. The Morgan fingerprint density at radius 3 is 2.18 bits per heavy atom. The maximum absolute atomic E-state index is 13.6. The van der Waals surface area contributed by atoms with Crippen LogP contribution in [-0.4, -0.2) is 22.6 Å². The molecule has 0 fully saturated rings. The summed E-state index contributed by atoms with van der Waals surface area (Å²) in [5.41, 5.74) is -1.13. The van der Waals surface area contributed by atoms with E-state index in [4.69, 9.17) is 9.84 Å². The van der Waals surface area contributed by atoms with Crippen LogP contribution in [0.4, 0.5) is 13.2 Å². The Labute approximate surface area is 125 Å². The second kappa shape index (κ2) is 6.81. The predicted molar refractivity (Wildman–Crippen MR) is 71.6 cm³/mol. The molecule has 0 aromatic heterocycles. The Balaban J connectivity index is 3.01. The standard InChI is InChI=1S/C15H17F3O4/c1-15(2,3)22-14(21)9(6-13(19)20)4-8-5-11(17)12(18)7-10(8)16/h5,7,9H,4,6H2,1-3H3,(H,19,20). The second-order valence-electron chi connectivity index (χ2n) is 5.89. The zero-order valence-electron chi connectivity index (χ0n) is 12.5. The van der Waals surface area contributed by atoms with Gasteiger partial charge in [-0.1, -0.05) is 0 Å². The molecule has 0 bridgehead atoms. The number of carbonyl (C=O) groups excluding carboxylic acids is 1. The summed E-state index contributed by atoms with van der Waals surface area (Å²) in [7, 11) is 0. The van der Waals surface area contributed by atoms with E-state index < -0.39 is 53.8 Å². The Morgan fingerprint density at radius 1 is 1.14 bits per heavy atom. The van der Waals surface area contributed by atoms with Gasteiger partial charge in [0.25, 0.3) is 0 Å². The lowest BCUT2D eigenvalue weighted by Crippen LogP contribution is -2.31. The Hall–Kier alpha value is -2.05. The molecule has 122 valence electrons. The van der Waals surface area contributed by atoms with Crippen molar-refractivity contribution in [3.8, 4) is 0 Å². The smallest absolute Gasteiger partial charge is 0.310 e. The Morgan fingerprint density at radius 2 is 1.68 bits per heavy atom. The van der Waals surface area contributed by atoms with Gasteiger partial charge in [-0.15, -0.1) is 0 Å². The minimum atomic E-state index is -1.35. The van der Waals surface area contributed by atoms with Crippen LogP contribution in [0.25, 0.3) is 0 Å². The first-order valence-corrected chi connectivity index (χ1v) is 6.57. The monoisotopic (exact) mass is 318 g/mol. The molecule has 4 nitrogen and oxygen atoms in total. The number of aliphatic carboxylic acids is 1. The van der Waals surface area contributed by atoms with E-state index >= 15 is 0 Å². The van der Waals surface area contributed by atoms with Crippen molar-refractivity contribution in [3.05, 3.63) is 35.1 Å². The second-order valence-corrected chi connectivity index (χ2v) is 5.89. The predicted octanol–water partition coefficient (Wildman–Crippen LogP) is 3.08. The molecule has 0 heterocycles. The average molecular weight is 318 g/mol. The molecule has 1 atom stereocenters. The van der Waals surface area contributed by atoms with Crippen molar-refractivity contribution >= 4 is 11.9 Å². The molecule has 0 aliphatic rings. The van der Waals surface area contributed by atoms with Gasteiger partial charge in [0.2, 0.25) is 0 Å². The van der Waals surface area contributed by atoms with Gasteiger partial charge in [0, 0.05) is 6.07 Å². The van der Waals surface area contributed by atoms with E-state index in [1.165, 1.54) is 0 Å². The molecule has 1 aromatic rings. The highest BCUT2D eigenvalue weighted by Gasteiger charge is 2.28. The summed E-state index contributed by atoms with van der Waals surface area (Å²) >= 11 is 0. The maximum atomic E-state index is 13.6. The van der Waals surface area contributed by atoms with E-state index in [1.807, 2.05) is 0 Å². The highest BCUT2D eigenvalue weighted by Crippen LogP contribution is 2.22. The summed E-state index contributed by atoms with van der Waals surface area (Å²) in [6.45, 7) is 4.79. The number of carboxylic acid groups (broad SMARTS) is 1. The van der Waals surface area contributed by atoms with E-state index in [1.54, 1.807) is 20.8 Å². The van der Waals surface area contributed by atoms with Gasteiger partial charge in [-0.05, 0) is 38.8 Å². The summed E-state index contributed by atoms with van der Waals surface area (Å²) in [5.74, 6) is -6.98. The fourth-order valence-corrected chi connectivity index (χ4v) is 1.82. The molecular formula is C15H17F3O4. The molecule has 1 aromatic carbocycles. The molecular weight excluding hydrogens is 301 g/mol. The van der Waals surface area contributed by atoms with Gasteiger partial charge in [0.1, 0.15) is 11.4 Å². The summed E-state index contributed by atoms with van der Waals surface area (Å²) in [5, 5.41) is 8.84. The highest BCUT2D eigenvalue weighted by atomic mass is 19.2. The van der Waals surface area contributed by atoms with Crippen molar-refractivity contribution in [2.45, 2.75) is 39.2 Å². The molecule has 0 radical (unpaired) electrons. The van der Waals surface area contributed by atoms with Gasteiger partial charge in [0.15, 0.2) is 11.6 Å². The molecule has 0 spiro atoms. The summed E-state index contributed by atoms with van der Waals surface area (Å²) in [4.78, 5) is 22.8. The number of esters is 1. The SMILES string of the molecule is CC(C)(C)OC(=O)C(CC(=O)O)Cc1cc(F)c(F)cc1F. The van der Waals surface area contributed by atoms with Gasteiger partial charge < -0.3 is 9.84 Å². The third-order valence-corrected chi connectivity index (χ3v) is 2.72. The molecule has 0 amide bonds. The summed E-state index contributed by atoms with van der Waals surface area (Å²) in [6, 6.07) is 0.974. The van der Waals surface area contributed by atoms with Crippen LogP contribution in [0.1, 0.15) is 32.8 Å². The van der Waals surface area contributed by atoms with Gasteiger partial charge in [-0.3, -0.25) is 9.59 Å². The first-order chi connectivity index (χ1) is 9.99. The minimum absolute atomic E-state index is 0.281. The van der Waals surface area contributed by atoms with Crippen molar-refractivity contribution in [2.24, 2.45) is 5.92 Å². The fourth-order valence-electron chi connectivity index (χ4n) is 1.82. The quantitative estimate of drug-likeness (QED) is 0.669. The van der Waals surface area contributed by atoms with E-state index in [0.717, 1.165) is 0 Å². The average Bonchev–Trinajstić information content (AvgIpc) is 2.32. The van der Waals surface area contributed by atoms with Crippen LogP contribution in [0, 0.1) is 23.4 Å². The molecule has 22 heavy (non-hydrogen) atoms. The minimum Gasteiger partial charge on any atom is -0.481 e. The normalized spacial score (nSPS) is 12.8. The van der Waals surface area contributed by atoms with Crippen molar-refractivity contribution in [2.75, 3.05) is 0 Å². The lowest BCUT2D eigenvalue weighted by Gasteiger charge is -2.23. The molecule has 1 rings (SSSR count). The van der Waals surface area contributed by atoms with Crippen LogP contribution in [0.2, 0.25) is 0 Å². The van der Waals surface area contributed by atoms with Crippen molar-refractivity contribution in [1.82, 2.24) is 0 Å². The topological polar surface area (TPSA) is 63.6 Å². The Bertz CT molecular complexity index is 579. The number of benzene rings is 1. The van der Waals surface area contributed by atoms with E-state index in [9.17, 15) is 22.8 Å². The number of ether oxygens (including phenoxy) is 1. The van der Waals surface area contributed by atoms with Crippen LogP contribution in [-0.2, 0) is 20.7 Å². The fraction of sp³-hybridized carbons (Fsp3) is 0.467. The van der Waals surface area contributed by atoms with Crippen LogP contribution in [0.15, 0.2) is 12.1 Å². The lowest BCUT2D eigenvalue weighted by atomic mass is 9.95. The third kappa shape index (κ3) is 5.38. The van der Waals surface area contributed by atoms with Gasteiger partial charge >= 0.3 is 11.9 Å². The highest BCUT2D eigenvalue weighted by molar-refractivity contribution is 5.79. The molecule has 0 aliphatic carbocycles. The molecule has 0 saturated carbocycles. The number of hydrogen-bond acceptors (Lipinski definition) is 3.